The second kappa shape index (κ2) is 5.48. The Bertz CT molecular complexity index is 775. The second-order valence-electron chi connectivity index (χ2n) is 4.51. The molecule has 0 bridgehead atoms. The van der Waals surface area contributed by atoms with E-state index in [1.165, 1.54) is 19.1 Å². The highest BCUT2D eigenvalue weighted by Crippen LogP contribution is 2.31. The molecular weight excluding hydrogens is 297 g/mol. The topological polar surface area (TPSA) is 74.0 Å². The van der Waals surface area contributed by atoms with Crippen molar-refractivity contribution in [3.63, 3.8) is 0 Å². The Labute approximate surface area is 123 Å². The van der Waals surface area contributed by atoms with Crippen LogP contribution >= 0.6 is 0 Å². The number of aromatic carboxylic acids is 1. The van der Waals surface area contributed by atoms with Crippen LogP contribution in [-0.2, 0) is 6.18 Å². The van der Waals surface area contributed by atoms with Gasteiger partial charge >= 0.3 is 12.1 Å². The maximum absolute atomic E-state index is 12.5. The van der Waals surface area contributed by atoms with Gasteiger partial charge in [-0.05, 0) is 25.1 Å². The molecule has 112 valence electrons. The van der Waals surface area contributed by atoms with Gasteiger partial charge in [-0.25, -0.2) is 4.79 Å². The minimum atomic E-state index is -4.45. The lowest BCUT2D eigenvalue weighted by atomic mass is 10.0. The van der Waals surface area contributed by atoms with E-state index in [0.717, 1.165) is 18.2 Å². The third kappa shape index (κ3) is 2.91. The van der Waals surface area contributed by atoms with Gasteiger partial charge in [0.05, 0.1) is 28.1 Å². The van der Waals surface area contributed by atoms with E-state index in [1.807, 2.05) is 6.07 Å². The van der Waals surface area contributed by atoms with Gasteiger partial charge < -0.3 is 5.11 Å². The lowest BCUT2D eigenvalue weighted by molar-refractivity contribution is -0.137. The van der Waals surface area contributed by atoms with E-state index < -0.39 is 17.7 Å². The van der Waals surface area contributed by atoms with Gasteiger partial charge in [0.25, 0.3) is 0 Å². The number of alkyl halides is 3. The van der Waals surface area contributed by atoms with Crippen LogP contribution in [0.25, 0.3) is 11.3 Å². The standard InChI is InChI=1S/C15H9F3N2O2/c1-8-12(14(21)22)6-10(7-19)13(20-8)9-2-4-11(5-3-9)15(16,17)18/h2-6H,1H3,(H,21,22). The zero-order valence-electron chi connectivity index (χ0n) is 11.3. The molecule has 2 rings (SSSR count). The van der Waals surface area contributed by atoms with Crippen molar-refractivity contribution in [2.75, 3.05) is 0 Å². The highest BCUT2D eigenvalue weighted by Gasteiger charge is 2.30. The lowest BCUT2D eigenvalue weighted by Crippen LogP contribution is -2.06. The fraction of sp³-hybridized carbons (Fsp3) is 0.133. The molecule has 0 fully saturated rings. The van der Waals surface area contributed by atoms with Crippen molar-refractivity contribution in [1.82, 2.24) is 4.98 Å². The molecule has 0 atom stereocenters. The molecule has 0 amide bonds. The lowest BCUT2D eigenvalue weighted by Gasteiger charge is -2.10. The molecule has 0 saturated heterocycles. The van der Waals surface area contributed by atoms with Gasteiger partial charge in [-0.2, -0.15) is 18.4 Å². The number of carboxylic acids is 1. The van der Waals surface area contributed by atoms with Crippen molar-refractivity contribution < 1.29 is 23.1 Å². The Kier molecular flexibility index (Phi) is 3.87. The van der Waals surface area contributed by atoms with E-state index in [9.17, 15) is 18.0 Å². The number of nitrogens with zero attached hydrogens (tertiary/aromatic N) is 2. The van der Waals surface area contributed by atoms with E-state index in [-0.39, 0.29) is 22.5 Å². The molecule has 0 aliphatic heterocycles. The number of benzene rings is 1. The first-order valence-electron chi connectivity index (χ1n) is 6.06. The van der Waals surface area contributed by atoms with Crippen LogP contribution in [0.2, 0.25) is 0 Å². The minimum absolute atomic E-state index is 0.0113. The van der Waals surface area contributed by atoms with Crippen LogP contribution in [0.3, 0.4) is 0 Å². The highest BCUT2D eigenvalue weighted by atomic mass is 19.4. The number of nitriles is 1. The number of pyridine rings is 1. The molecule has 7 heteroatoms. The maximum atomic E-state index is 12.5. The fourth-order valence-corrected chi connectivity index (χ4v) is 1.94. The van der Waals surface area contributed by atoms with Crippen LogP contribution in [0.1, 0.15) is 27.2 Å². The quantitative estimate of drug-likeness (QED) is 0.919. The molecule has 1 aromatic heterocycles. The monoisotopic (exact) mass is 306 g/mol. The van der Waals surface area contributed by atoms with E-state index >= 15 is 0 Å². The summed E-state index contributed by atoms with van der Waals surface area (Å²) in [6.45, 7) is 1.46. The Balaban J connectivity index is 2.56. The Hall–Kier alpha value is -2.88. The number of hydrogen-bond acceptors (Lipinski definition) is 3. The number of halogens is 3. The van der Waals surface area contributed by atoms with Crippen molar-refractivity contribution in [2.45, 2.75) is 13.1 Å². The maximum Gasteiger partial charge on any atom is 0.416 e. The predicted molar refractivity (Wildman–Crippen MR) is 71.1 cm³/mol. The molecule has 4 nitrogen and oxygen atoms in total. The number of hydrogen-bond donors (Lipinski definition) is 1. The fourth-order valence-electron chi connectivity index (χ4n) is 1.94. The number of carbonyl (C=O) groups is 1. The molecule has 0 aliphatic carbocycles. The summed E-state index contributed by atoms with van der Waals surface area (Å²) in [5, 5.41) is 18.1. The van der Waals surface area contributed by atoms with Crippen LogP contribution in [-0.4, -0.2) is 16.1 Å². The predicted octanol–water partition coefficient (Wildman–Crippen LogP) is 3.65. The molecule has 2 aromatic rings. The number of aryl methyl sites for hydroxylation is 1. The van der Waals surface area contributed by atoms with Gasteiger partial charge in [0.2, 0.25) is 0 Å². The first-order chi connectivity index (χ1) is 10.2. The van der Waals surface area contributed by atoms with Gasteiger partial charge in [-0.3, -0.25) is 4.98 Å². The van der Waals surface area contributed by atoms with Gasteiger partial charge in [0.15, 0.2) is 0 Å². The summed E-state index contributed by atoms with van der Waals surface area (Å²) in [5.41, 5.74) is -0.298. The molecule has 0 radical (unpaired) electrons. The molecule has 1 aromatic carbocycles. The molecule has 1 heterocycles. The van der Waals surface area contributed by atoms with Crippen LogP contribution in [0.4, 0.5) is 13.2 Å². The zero-order valence-corrected chi connectivity index (χ0v) is 11.3. The highest BCUT2D eigenvalue weighted by molar-refractivity contribution is 5.90. The number of rotatable bonds is 2. The summed E-state index contributed by atoms with van der Waals surface area (Å²) >= 11 is 0. The van der Waals surface area contributed by atoms with Crippen molar-refractivity contribution in [3.05, 3.63) is 52.7 Å². The van der Waals surface area contributed by atoms with Crippen LogP contribution in [0.15, 0.2) is 30.3 Å². The van der Waals surface area contributed by atoms with Gasteiger partial charge in [-0.1, -0.05) is 12.1 Å². The van der Waals surface area contributed by atoms with Crippen molar-refractivity contribution in [3.8, 4) is 17.3 Å². The normalized spacial score (nSPS) is 11.0. The number of carboxylic acid groups (broad SMARTS) is 1. The molecule has 0 spiro atoms. The Morgan fingerprint density at radius 2 is 1.86 bits per heavy atom. The minimum Gasteiger partial charge on any atom is -0.478 e. The van der Waals surface area contributed by atoms with E-state index in [1.54, 1.807) is 0 Å². The molecular formula is C15H9F3N2O2. The number of aromatic nitrogens is 1. The largest absolute Gasteiger partial charge is 0.478 e. The summed E-state index contributed by atoms with van der Waals surface area (Å²) in [4.78, 5) is 15.1. The third-order valence-corrected chi connectivity index (χ3v) is 3.05. The summed E-state index contributed by atoms with van der Waals surface area (Å²) < 4.78 is 37.6. The Morgan fingerprint density at radius 1 is 1.27 bits per heavy atom. The van der Waals surface area contributed by atoms with E-state index in [4.69, 9.17) is 10.4 Å². The third-order valence-electron chi connectivity index (χ3n) is 3.05. The second-order valence-corrected chi connectivity index (χ2v) is 4.51. The molecule has 0 aliphatic rings. The van der Waals surface area contributed by atoms with Gasteiger partial charge in [0, 0.05) is 5.56 Å². The SMILES string of the molecule is Cc1nc(-c2ccc(C(F)(F)F)cc2)c(C#N)cc1C(=O)O. The Morgan fingerprint density at radius 3 is 2.32 bits per heavy atom. The first-order valence-corrected chi connectivity index (χ1v) is 6.06. The summed E-state index contributed by atoms with van der Waals surface area (Å²) in [5.74, 6) is -1.22. The molecule has 22 heavy (non-hydrogen) atoms. The van der Waals surface area contributed by atoms with E-state index in [2.05, 4.69) is 4.98 Å². The van der Waals surface area contributed by atoms with Crippen molar-refractivity contribution in [1.29, 1.82) is 5.26 Å². The smallest absolute Gasteiger partial charge is 0.416 e. The van der Waals surface area contributed by atoms with Crippen LogP contribution in [0, 0.1) is 18.3 Å². The van der Waals surface area contributed by atoms with Gasteiger partial charge in [-0.15, -0.1) is 0 Å². The average molecular weight is 306 g/mol. The average Bonchev–Trinajstić information content (AvgIpc) is 2.46. The van der Waals surface area contributed by atoms with Crippen LogP contribution < -0.4 is 0 Å². The van der Waals surface area contributed by atoms with Crippen molar-refractivity contribution >= 4 is 5.97 Å². The summed E-state index contributed by atoms with van der Waals surface area (Å²) in [7, 11) is 0. The first kappa shape index (κ1) is 15.5. The van der Waals surface area contributed by atoms with Crippen molar-refractivity contribution in [2.24, 2.45) is 0 Å². The molecule has 0 unspecified atom stereocenters. The van der Waals surface area contributed by atoms with Gasteiger partial charge in [0.1, 0.15) is 6.07 Å². The molecule has 1 N–H and O–H groups in total. The molecule has 0 saturated carbocycles. The van der Waals surface area contributed by atoms with E-state index in [0.29, 0.717) is 5.56 Å². The summed E-state index contributed by atoms with van der Waals surface area (Å²) in [6.07, 6.45) is -4.45. The summed E-state index contributed by atoms with van der Waals surface area (Å²) in [6, 6.07) is 7.15. The van der Waals surface area contributed by atoms with Crippen LogP contribution in [0.5, 0.6) is 0 Å². The zero-order chi connectivity index (χ0) is 16.5.